The first-order chi connectivity index (χ1) is 17.2. The smallest absolute Gasteiger partial charge is 0.412 e. The number of rotatable bonds is 5. The van der Waals surface area contributed by atoms with Gasteiger partial charge in [-0.15, -0.1) is 0 Å². The highest BCUT2D eigenvalue weighted by Crippen LogP contribution is 2.39. The third kappa shape index (κ3) is 4.92. The SMILES string of the molecule is Cc1c(N2CCc3cnc(Nc4ccc(CS(C)(=O)=O)cc4)cc3C2)cnc2c1N(C(=O)O)CCO2. The Balaban J connectivity index is 1.36. The van der Waals surface area contributed by atoms with Crippen molar-refractivity contribution in [3.05, 3.63) is 65.0 Å². The van der Waals surface area contributed by atoms with Crippen LogP contribution in [-0.4, -0.2) is 55.5 Å². The zero-order valence-electron chi connectivity index (χ0n) is 20.1. The van der Waals surface area contributed by atoms with Crippen LogP contribution in [0.5, 0.6) is 5.88 Å². The molecular weight excluding hydrogens is 482 g/mol. The summed E-state index contributed by atoms with van der Waals surface area (Å²) < 4.78 is 28.6. The average molecular weight is 510 g/mol. The zero-order chi connectivity index (χ0) is 25.4. The molecule has 2 N–H and O–H groups in total. The lowest BCUT2D eigenvalue weighted by Gasteiger charge is -2.34. The second-order valence-electron chi connectivity index (χ2n) is 9.11. The molecule has 1 aromatic carbocycles. The van der Waals surface area contributed by atoms with Crippen molar-refractivity contribution in [3.8, 4) is 5.88 Å². The van der Waals surface area contributed by atoms with Crippen LogP contribution >= 0.6 is 0 Å². The van der Waals surface area contributed by atoms with Crippen LogP contribution in [0.3, 0.4) is 0 Å². The summed E-state index contributed by atoms with van der Waals surface area (Å²) >= 11 is 0. The maximum Gasteiger partial charge on any atom is 0.412 e. The predicted molar refractivity (Wildman–Crippen MR) is 137 cm³/mol. The summed E-state index contributed by atoms with van der Waals surface area (Å²) in [6.07, 6.45) is 4.64. The number of carboxylic acid groups (broad SMARTS) is 1. The molecule has 3 aromatic rings. The quantitative estimate of drug-likeness (QED) is 0.531. The Bertz CT molecular complexity index is 1430. The minimum atomic E-state index is -3.08. The van der Waals surface area contributed by atoms with Gasteiger partial charge in [-0.2, -0.15) is 0 Å². The Kier molecular flexibility index (Phi) is 6.17. The van der Waals surface area contributed by atoms with E-state index in [4.69, 9.17) is 4.74 Å². The largest absolute Gasteiger partial charge is 0.474 e. The maximum absolute atomic E-state index is 11.8. The third-order valence-electron chi connectivity index (χ3n) is 6.39. The van der Waals surface area contributed by atoms with E-state index in [0.29, 0.717) is 23.9 Å². The van der Waals surface area contributed by atoms with Crippen molar-refractivity contribution in [2.24, 2.45) is 0 Å². The predicted octanol–water partition coefficient (Wildman–Crippen LogP) is 3.51. The van der Waals surface area contributed by atoms with Gasteiger partial charge in [0.2, 0.25) is 5.88 Å². The van der Waals surface area contributed by atoms with Crippen molar-refractivity contribution >= 4 is 38.8 Å². The van der Waals surface area contributed by atoms with Crippen LogP contribution in [0.1, 0.15) is 22.3 Å². The van der Waals surface area contributed by atoms with E-state index in [1.807, 2.05) is 31.3 Å². The molecule has 0 saturated carbocycles. The normalized spacial score (nSPS) is 15.1. The number of aromatic nitrogens is 2. The molecule has 0 fully saturated rings. The molecule has 1 amide bonds. The van der Waals surface area contributed by atoms with Crippen LogP contribution in [0.2, 0.25) is 0 Å². The van der Waals surface area contributed by atoms with Gasteiger partial charge in [-0.25, -0.2) is 23.2 Å². The number of carbonyl (C=O) groups is 1. The lowest BCUT2D eigenvalue weighted by Crippen LogP contribution is -2.38. The number of anilines is 4. The molecule has 5 rings (SSSR count). The zero-order valence-corrected chi connectivity index (χ0v) is 20.9. The molecule has 0 spiro atoms. The van der Waals surface area contributed by atoms with Crippen LogP contribution in [0.25, 0.3) is 0 Å². The molecule has 2 aliphatic heterocycles. The molecule has 0 atom stereocenters. The molecule has 0 unspecified atom stereocenters. The van der Waals surface area contributed by atoms with E-state index in [-0.39, 0.29) is 18.9 Å². The molecule has 0 bridgehead atoms. The molecule has 36 heavy (non-hydrogen) atoms. The molecule has 4 heterocycles. The highest BCUT2D eigenvalue weighted by molar-refractivity contribution is 7.89. The molecule has 2 aliphatic rings. The first kappa shape index (κ1) is 23.9. The fourth-order valence-electron chi connectivity index (χ4n) is 4.69. The first-order valence-corrected chi connectivity index (χ1v) is 13.6. The Morgan fingerprint density at radius 2 is 1.92 bits per heavy atom. The summed E-state index contributed by atoms with van der Waals surface area (Å²) in [5.41, 5.74) is 6.05. The minimum absolute atomic E-state index is 0.00747. The second kappa shape index (κ2) is 9.30. The van der Waals surface area contributed by atoms with Crippen molar-refractivity contribution in [1.29, 1.82) is 0 Å². The number of nitrogens with zero attached hydrogens (tertiary/aromatic N) is 4. The number of amides is 1. The summed E-state index contributed by atoms with van der Waals surface area (Å²) in [5, 5.41) is 12.9. The number of hydrogen-bond donors (Lipinski definition) is 2. The van der Waals surface area contributed by atoms with Crippen molar-refractivity contribution in [2.75, 3.05) is 41.1 Å². The van der Waals surface area contributed by atoms with Crippen molar-refractivity contribution < 1.29 is 23.1 Å². The maximum atomic E-state index is 11.8. The van der Waals surface area contributed by atoms with E-state index >= 15 is 0 Å². The van der Waals surface area contributed by atoms with Gasteiger partial charge >= 0.3 is 6.09 Å². The van der Waals surface area contributed by atoms with Gasteiger partial charge in [0.25, 0.3) is 0 Å². The Morgan fingerprint density at radius 1 is 1.14 bits per heavy atom. The number of fused-ring (bicyclic) bond motifs is 2. The number of hydrogen-bond acceptors (Lipinski definition) is 8. The summed E-state index contributed by atoms with van der Waals surface area (Å²) in [6, 6.07) is 9.28. The Morgan fingerprint density at radius 3 is 2.64 bits per heavy atom. The number of pyridine rings is 2. The molecule has 0 radical (unpaired) electrons. The minimum Gasteiger partial charge on any atom is -0.474 e. The molecule has 10 nitrogen and oxygen atoms in total. The topological polar surface area (TPSA) is 125 Å². The number of sulfone groups is 1. The molecule has 2 aromatic heterocycles. The lowest BCUT2D eigenvalue weighted by atomic mass is 10.0. The van der Waals surface area contributed by atoms with Gasteiger partial charge in [-0.1, -0.05) is 12.1 Å². The van der Waals surface area contributed by atoms with Gasteiger partial charge in [-0.3, -0.25) is 4.90 Å². The monoisotopic (exact) mass is 509 g/mol. The number of ether oxygens (including phenoxy) is 1. The standard InChI is InChI=1S/C25H27N5O5S/c1-16-21(13-27-24-23(16)30(25(31)32)9-10-35-24)29-8-7-18-12-26-22(11-19(18)14-29)28-20-5-3-17(4-6-20)15-36(2,33)34/h3-6,11-13H,7-10,14-15H2,1-2H3,(H,26,28)(H,31,32). The van der Waals surface area contributed by atoms with Crippen LogP contribution in [0, 0.1) is 6.92 Å². The number of nitrogens with one attached hydrogen (secondary N) is 1. The highest BCUT2D eigenvalue weighted by atomic mass is 32.2. The fraction of sp³-hybridized carbons (Fsp3) is 0.320. The van der Waals surface area contributed by atoms with Gasteiger partial charge in [0.15, 0.2) is 9.84 Å². The van der Waals surface area contributed by atoms with Gasteiger partial charge < -0.3 is 20.1 Å². The molecule has 11 heteroatoms. The summed E-state index contributed by atoms with van der Waals surface area (Å²) in [4.78, 5) is 24.2. The lowest BCUT2D eigenvalue weighted by molar-refractivity contribution is 0.196. The van der Waals surface area contributed by atoms with Crippen LogP contribution < -0.4 is 19.9 Å². The van der Waals surface area contributed by atoms with E-state index in [0.717, 1.165) is 41.0 Å². The Labute approximate surface area is 209 Å². The molecular formula is C25H27N5O5S. The summed E-state index contributed by atoms with van der Waals surface area (Å²) in [7, 11) is -3.08. The molecule has 0 aliphatic carbocycles. The van der Waals surface area contributed by atoms with E-state index in [2.05, 4.69) is 20.2 Å². The van der Waals surface area contributed by atoms with Crippen molar-refractivity contribution in [3.63, 3.8) is 0 Å². The third-order valence-corrected chi connectivity index (χ3v) is 7.25. The summed E-state index contributed by atoms with van der Waals surface area (Å²) in [6.45, 7) is 3.86. The van der Waals surface area contributed by atoms with Crippen LogP contribution in [0.15, 0.2) is 42.7 Å². The van der Waals surface area contributed by atoms with Gasteiger partial charge in [0.05, 0.1) is 24.2 Å². The fourth-order valence-corrected chi connectivity index (χ4v) is 5.48. The van der Waals surface area contributed by atoms with E-state index in [9.17, 15) is 18.3 Å². The summed E-state index contributed by atoms with van der Waals surface area (Å²) in [5.74, 6) is 1.05. The van der Waals surface area contributed by atoms with Crippen molar-refractivity contribution in [1.82, 2.24) is 9.97 Å². The van der Waals surface area contributed by atoms with Gasteiger partial charge in [0, 0.05) is 36.8 Å². The number of benzene rings is 1. The molecule has 188 valence electrons. The molecule has 0 saturated heterocycles. The van der Waals surface area contributed by atoms with E-state index in [1.165, 1.54) is 16.7 Å². The second-order valence-corrected chi connectivity index (χ2v) is 11.2. The van der Waals surface area contributed by atoms with E-state index < -0.39 is 15.9 Å². The van der Waals surface area contributed by atoms with Gasteiger partial charge in [-0.05, 0) is 48.2 Å². The Hall–Kier alpha value is -3.86. The first-order valence-electron chi connectivity index (χ1n) is 11.6. The highest BCUT2D eigenvalue weighted by Gasteiger charge is 2.29. The average Bonchev–Trinajstić information content (AvgIpc) is 2.84. The van der Waals surface area contributed by atoms with Gasteiger partial charge in [0.1, 0.15) is 18.1 Å². The van der Waals surface area contributed by atoms with Crippen LogP contribution in [-0.2, 0) is 28.6 Å². The van der Waals surface area contributed by atoms with Crippen molar-refractivity contribution in [2.45, 2.75) is 25.6 Å². The van der Waals surface area contributed by atoms with E-state index in [1.54, 1.807) is 18.3 Å². The van der Waals surface area contributed by atoms with Crippen LogP contribution in [0.4, 0.5) is 27.7 Å².